The van der Waals surface area contributed by atoms with Crippen molar-refractivity contribution in [2.24, 2.45) is 0 Å². The zero-order valence-corrected chi connectivity index (χ0v) is 26.1. The van der Waals surface area contributed by atoms with Crippen molar-refractivity contribution < 1.29 is 27.5 Å². The van der Waals surface area contributed by atoms with Gasteiger partial charge in [-0.15, -0.1) is 0 Å². The summed E-state index contributed by atoms with van der Waals surface area (Å²) in [6, 6.07) is 26.2. The number of methoxy groups -OCH3 is 2. The fraction of sp³-hybridized carbons (Fsp3) is 0.176. The zero-order chi connectivity index (χ0) is 31.7. The minimum atomic E-state index is -4.03. The van der Waals surface area contributed by atoms with Crippen LogP contribution in [0.15, 0.2) is 108 Å². The third-order valence-electron chi connectivity index (χ3n) is 8.00. The van der Waals surface area contributed by atoms with Gasteiger partial charge in [-0.3, -0.25) is 9.59 Å². The Morgan fingerprint density at radius 3 is 2.36 bits per heavy atom. The number of carbonyl (C=O) groups is 2. The molecule has 230 valence electrons. The van der Waals surface area contributed by atoms with Gasteiger partial charge >= 0.3 is 0 Å². The molecule has 0 radical (unpaired) electrons. The average molecular weight is 644 g/mol. The van der Waals surface area contributed by atoms with Gasteiger partial charge in [-0.1, -0.05) is 66.2 Å². The number of rotatable bonds is 9. The van der Waals surface area contributed by atoms with Crippen LogP contribution in [0.1, 0.15) is 33.4 Å². The Balaban J connectivity index is 1.56. The Morgan fingerprint density at radius 2 is 1.62 bits per heavy atom. The van der Waals surface area contributed by atoms with E-state index in [9.17, 15) is 18.0 Å². The molecule has 0 saturated carbocycles. The maximum absolute atomic E-state index is 14.4. The van der Waals surface area contributed by atoms with Crippen LogP contribution in [0.3, 0.4) is 0 Å². The van der Waals surface area contributed by atoms with Crippen LogP contribution in [0.5, 0.6) is 5.75 Å². The first-order chi connectivity index (χ1) is 21.8. The van der Waals surface area contributed by atoms with E-state index in [2.05, 4.69) is 5.32 Å². The predicted molar refractivity (Wildman–Crippen MR) is 172 cm³/mol. The fourth-order valence-corrected chi connectivity index (χ4v) is 7.59. The SMILES string of the molecule is COCCN1C(=O)c2ccccc2[C@@H](C(=O)Nc2ccc(OC)c(Cl)c2)[C@H]1c1cn(S(=O)(=O)c2ccccc2)c2ccccc12. The van der Waals surface area contributed by atoms with Gasteiger partial charge in [0.1, 0.15) is 5.75 Å². The summed E-state index contributed by atoms with van der Waals surface area (Å²) in [6.45, 7) is 0.366. The first-order valence-electron chi connectivity index (χ1n) is 14.2. The normalized spacial score (nSPS) is 16.4. The molecule has 2 amide bonds. The van der Waals surface area contributed by atoms with E-state index in [1.165, 1.54) is 36.5 Å². The molecule has 0 fully saturated rings. The molecule has 45 heavy (non-hydrogen) atoms. The van der Waals surface area contributed by atoms with Gasteiger partial charge < -0.3 is 19.7 Å². The number of hydrogen-bond acceptors (Lipinski definition) is 6. The topological polar surface area (TPSA) is 107 Å². The summed E-state index contributed by atoms with van der Waals surface area (Å²) in [6.07, 6.45) is 1.53. The Kier molecular flexibility index (Phi) is 8.37. The van der Waals surface area contributed by atoms with Crippen molar-refractivity contribution in [1.29, 1.82) is 0 Å². The molecule has 6 rings (SSSR count). The quantitative estimate of drug-likeness (QED) is 0.208. The van der Waals surface area contributed by atoms with Crippen molar-refractivity contribution in [1.82, 2.24) is 8.87 Å². The summed E-state index contributed by atoms with van der Waals surface area (Å²) in [5.41, 5.74) is 2.29. The highest BCUT2D eigenvalue weighted by Crippen LogP contribution is 2.46. The maximum atomic E-state index is 14.4. The first-order valence-corrected chi connectivity index (χ1v) is 16.0. The number of para-hydroxylation sites is 1. The number of aromatic nitrogens is 1. The van der Waals surface area contributed by atoms with Crippen molar-refractivity contribution >= 4 is 50.0 Å². The molecule has 5 aromatic rings. The van der Waals surface area contributed by atoms with Crippen LogP contribution < -0.4 is 10.1 Å². The number of nitrogens with one attached hydrogen (secondary N) is 1. The largest absolute Gasteiger partial charge is 0.495 e. The number of carbonyl (C=O) groups excluding carboxylic acids is 2. The predicted octanol–water partition coefficient (Wildman–Crippen LogP) is 6.11. The third kappa shape index (κ3) is 5.45. The van der Waals surface area contributed by atoms with Crippen molar-refractivity contribution in [3.8, 4) is 5.75 Å². The highest BCUT2D eigenvalue weighted by molar-refractivity contribution is 7.90. The number of halogens is 1. The molecule has 2 heterocycles. The van der Waals surface area contributed by atoms with Crippen LogP contribution in [0.2, 0.25) is 5.02 Å². The lowest BCUT2D eigenvalue weighted by atomic mass is 9.79. The van der Waals surface area contributed by atoms with Crippen molar-refractivity contribution in [2.75, 3.05) is 32.7 Å². The summed E-state index contributed by atoms with van der Waals surface area (Å²) >= 11 is 6.36. The molecule has 1 aliphatic rings. The summed E-state index contributed by atoms with van der Waals surface area (Å²) in [7, 11) is -0.990. The van der Waals surface area contributed by atoms with E-state index in [-0.39, 0.29) is 24.0 Å². The van der Waals surface area contributed by atoms with E-state index in [1.807, 2.05) is 0 Å². The second-order valence-electron chi connectivity index (χ2n) is 10.6. The molecule has 0 saturated heterocycles. The second-order valence-corrected chi connectivity index (χ2v) is 12.8. The molecule has 0 spiro atoms. The van der Waals surface area contributed by atoms with E-state index in [4.69, 9.17) is 21.1 Å². The number of ether oxygens (including phenoxy) is 2. The third-order valence-corrected chi connectivity index (χ3v) is 9.99. The number of fused-ring (bicyclic) bond motifs is 2. The van der Waals surface area contributed by atoms with Gasteiger partial charge in [-0.2, -0.15) is 0 Å². The highest BCUT2D eigenvalue weighted by Gasteiger charge is 2.45. The van der Waals surface area contributed by atoms with Gasteiger partial charge in [-0.05, 0) is 48.0 Å². The van der Waals surface area contributed by atoms with Gasteiger partial charge in [0.2, 0.25) is 5.91 Å². The molecule has 2 atom stereocenters. The monoisotopic (exact) mass is 643 g/mol. The van der Waals surface area contributed by atoms with Gasteiger partial charge in [0.25, 0.3) is 15.9 Å². The van der Waals surface area contributed by atoms with E-state index in [0.29, 0.717) is 44.1 Å². The Labute approximate surface area is 266 Å². The molecule has 0 bridgehead atoms. The summed E-state index contributed by atoms with van der Waals surface area (Å²) in [5.74, 6) is -1.15. The smallest absolute Gasteiger partial charge is 0.268 e. The molecule has 11 heteroatoms. The van der Waals surface area contributed by atoms with E-state index in [0.717, 1.165) is 0 Å². The van der Waals surface area contributed by atoms with Crippen LogP contribution in [0.25, 0.3) is 10.9 Å². The number of nitrogens with zero attached hydrogens (tertiary/aromatic N) is 2. The molecular formula is C34H30ClN3O6S. The summed E-state index contributed by atoms with van der Waals surface area (Å²) in [5, 5.41) is 3.89. The van der Waals surface area contributed by atoms with Gasteiger partial charge in [0, 0.05) is 42.1 Å². The van der Waals surface area contributed by atoms with Crippen molar-refractivity contribution in [3.05, 3.63) is 125 Å². The minimum Gasteiger partial charge on any atom is -0.495 e. The maximum Gasteiger partial charge on any atom is 0.268 e. The summed E-state index contributed by atoms with van der Waals surface area (Å²) < 4.78 is 39.8. The van der Waals surface area contributed by atoms with E-state index < -0.39 is 27.9 Å². The Bertz CT molecular complexity index is 2010. The standard InChI is InChI=1S/C34H30ClN3O6S/c1-43-19-18-37-32(27-21-38(29-15-9-8-12-24(27)29)45(41,42)23-10-4-3-5-11-23)31(25-13-6-7-14-26(25)34(37)40)33(39)36-22-16-17-30(44-2)28(35)20-22/h3-17,20-21,31-32H,18-19H2,1-2H3,(H,36,39)/t31-,32-/m1/s1. The van der Waals surface area contributed by atoms with Crippen LogP contribution in [-0.2, 0) is 19.6 Å². The van der Waals surface area contributed by atoms with Gasteiger partial charge in [0.15, 0.2) is 0 Å². The zero-order valence-electron chi connectivity index (χ0n) is 24.5. The van der Waals surface area contributed by atoms with Crippen molar-refractivity contribution in [2.45, 2.75) is 16.9 Å². The Hall–Kier alpha value is -4.64. The molecular weight excluding hydrogens is 614 g/mol. The molecule has 4 aromatic carbocycles. The summed E-state index contributed by atoms with van der Waals surface area (Å²) in [4.78, 5) is 30.2. The highest BCUT2D eigenvalue weighted by atomic mass is 35.5. The number of amides is 2. The number of hydrogen-bond donors (Lipinski definition) is 1. The fourth-order valence-electron chi connectivity index (χ4n) is 5.94. The average Bonchev–Trinajstić information content (AvgIpc) is 3.45. The number of benzene rings is 4. The van der Waals surface area contributed by atoms with E-state index in [1.54, 1.807) is 89.8 Å². The van der Waals surface area contributed by atoms with Gasteiger partial charge in [0.05, 0.1) is 41.1 Å². The second kappa shape index (κ2) is 12.4. The minimum absolute atomic E-state index is 0.115. The lowest BCUT2D eigenvalue weighted by Gasteiger charge is -2.41. The van der Waals surface area contributed by atoms with Gasteiger partial charge in [-0.25, -0.2) is 12.4 Å². The lowest BCUT2D eigenvalue weighted by Crippen LogP contribution is -2.47. The van der Waals surface area contributed by atoms with Crippen LogP contribution in [-0.4, -0.2) is 56.5 Å². The molecule has 0 unspecified atom stereocenters. The molecule has 9 nitrogen and oxygen atoms in total. The van der Waals surface area contributed by atoms with Crippen LogP contribution in [0, 0.1) is 0 Å². The van der Waals surface area contributed by atoms with Crippen LogP contribution in [0.4, 0.5) is 5.69 Å². The van der Waals surface area contributed by atoms with E-state index >= 15 is 0 Å². The molecule has 1 aromatic heterocycles. The molecule has 1 N–H and O–H groups in total. The van der Waals surface area contributed by atoms with Crippen LogP contribution >= 0.6 is 11.6 Å². The number of anilines is 1. The Morgan fingerprint density at radius 1 is 0.911 bits per heavy atom. The molecule has 0 aliphatic carbocycles. The lowest BCUT2D eigenvalue weighted by molar-refractivity contribution is -0.119. The first kappa shape index (κ1) is 30.4. The van der Waals surface area contributed by atoms with Crippen molar-refractivity contribution in [3.63, 3.8) is 0 Å². The molecule has 1 aliphatic heterocycles.